The lowest BCUT2D eigenvalue weighted by Gasteiger charge is -2.19. The molecule has 0 aromatic heterocycles. The second kappa shape index (κ2) is 5.42. The van der Waals surface area contributed by atoms with E-state index in [2.05, 4.69) is 25.2 Å². The van der Waals surface area contributed by atoms with Crippen LogP contribution in [0.15, 0.2) is 23.8 Å². The van der Waals surface area contributed by atoms with Crippen molar-refractivity contribution >= 4 is 11.6 Å². The zero-order valence-electron chi connectivity index (χ0n) is 7.72. The van der Waals surface area contributed by atoms with Crippen LogP contribution in [0.25, 0.3) is 0 Å². The standard InChI is InChI=1S/C11H17Cl/c1-2-3-10-4-6-11(7-5-10)8-9-12/h2-4,11H,5-9H2,1H3/b3-2+. The van der Waals surface area contributed by atoms with Gasteiger partial charge in [-0.1, -0.05) is 23.8 Å². The molecule has 1 rings (SSSR count). The van der Waals surface area contributed by atoms with Crippen molar-refractivity contribution < 1.29 is 0 Å². The molecule has 0 amide bonds. The van der Waals surface area contributed by atoms with E-state index in [4.69, 9.17) is 11.6 Å². The molecule has 1 unspecified atom stereocenters. The molecule has 0 aliphatic heterocycles. The number of alkyl halides is 1. The van der Waals surface area contributed by atoms with Gasteiger partial charge in [0, 0.05) is 5.88 Å². The van der Waals surface area contributed by atoms with Gasteiger partial charge in [0.25, 0.3) is 0 Å². The highest BCUT2D eigenvalue weighted by Crippen LogP contribution is 2.26. The second-order valence-electron chi connectivity index (χ2n) is 3.40. The lowest BCUT2D eigenvalue weighted by molar-refractivity contribution is 0.461. The van der Waals surface area contributed by atoms with E-state index in [0.717, 1.165) is 11.8 Å². The van der Waals surface area contributed by atoms with E-state index in [1.807, 2.05) is 0 Å². The molecule has 1 heteroatoms. The second-order valence-corrected chi connectivity index (χ2v) is 3.78. The van der Waals surface area contributed by atoms with Crippen LogP contribution < -0.4 is 0 Å². The van der Waals surface area contributed by atoms with Gasteiger partial charge in [0.15, 0.2) is 0 Å². The average molecular weight is 185 g/mol. The highest BCUT2D eigenvalue weighted by atomic mass is 35.5. The Balaban J connectivity index is 2.36. The summed E-state index contributed by atoms with van der Waals surface area (Å²) in [5.41, 5.74) is 1.50. The van der Waals surface area contributed by atoms with E-state index < -0.39 is 0 Å². The molecule has 0 aromatic rings. The summed E-state index contributed by atoms with van der Waals surface area (Å²) in [7, 11) is 0. The van der Waals surface area contributed by atoms with Crippen molar-refractivity contribution in [3.8, 4) is 0 Å². The molecule has 0 saturated heterocycles. The Morgan fingerprint density at radius 1 is 1.67 bits per heavy atom. The summed E-state index contributed by atoms with van der Waals surface area (Å²) in [5, 5.41) is 0. The van der Waals surface area contributed by atoms with Crippen LogP contribution >= 0.6 is 11.6 Å². The van der Waals surface area contributed by atoms with E-state index in [0.29, 0.717) is 0 Å². The van der Waals surface area contributed by atoms with Crippen LogP contribution in [0.5, 0.6) is 0 Å². The monoisotopic (exact) mass is 184 g/mol. The third-order valence-corrected chi connectivity index (χ3v) is 2.67. The molecule has 0 radical (unpaired) electrons. The van der Waals surface area contributed by atoms with Gasteiger partial charge in [-0.05, 0) is 38.5 Å². The van der Waals surface area contributed by atoms with Crippen molar-refractivity contribution in [1.82, 2.24) is 0 Å². The molecule has 0 spiro atoms. The van der Waals surface area contributed by atoms with Gasteiger partial charge >= 0.3 is 0 Å². The Kier molecular flexibility index (Phi) is 4.45. The van der Waals surface area contributed by atoms with Crippen LogP contribution in [0.3, 0.4) is 0 Å². The van der Waals surface area contributed by atoms with Crippen LogP contribution in [-0.4, -0.2) is 5.88 Å². The van der Waals surface area contributed by atoms with Crippen molar-refractivity contribution in [2.24, 2.45) is 5.92 Å². The van der Waals surface area contributed by atoms with Gasteiger partial charge in [0.2, 0.25) is 0 Å². The Bertz CT molecular complexity index is 179. The molecule has 0 nitrogen and oxygen atoms in total. The van der Waals surface area contributed by atoms with Crippen LogP contribution in [0.2, 0.25) is 0 Å². The zero-order valence-corrected chi connectivity index (χ0v) is 8.48. The molecule has 0 heterocycles. The first-order valence-electron chi connectivity index (χ1n) is 4.74. The molecule has 0 aromatic carbocycles. The van der Waals surface area contributed by atoms with Crippen LogP contribution in [0, 0.1) is 5.92 Å². The number of halogens is 1. The fraction of sp³-hybridized carbons (Fsp3) is 0.636. The highest BCUT2D eigenvalue weighted by molar-refractivity contribution is 6.17. The van der Waals surface area contributed by atoms with Crippen molar-refractivity contribution in [3.05, 3.63) is 23.8 Å². The van der Waals surface area contributed by atoms with E-state index in [1.54, 1.807) is 0 Å². The lowest BCUT2D eigenvalue weighted by atomic mass is 9.88. The summed E-state index contributed by atoms with van der Waals surface area (Å²) >= 11 is 5.70. The van der Waals surface area contributed by atoms with Crippen LogP contribution in [0.1, 0.15) is 32.6 Å². The molecule has 0 fully saturated rings. The quantitative estimate of drug-likeness (QED) is 0.584. The SMILES string of the molecule is C/C=C/C1=CCC(CCCl)CC1. The molecule has 1 atom stereocenters. The summed E-state index contributed by atoms with van der Waals surface area (Å²) in [6.45, 7) is 2.08. The molecule has 68 valence electrons. The molecule has 0 bridgehead atoms. The van der Waals surface area contributed by atoms with Crippen molar-refractivity contribution in [2.75, 3.05) is 5.88 Å². The maximum absolute atomic E-state index is 5.70. The summed E-state index contributed by atoms with van der Waals surface area (Å²) in [6.07, 6.45) is 11.7. The van der Waals surface area contributed by atoms with E-state index >= 15 is 0 Å². The van der Waals surface area contributed by atoms with Crippen molar-refractivity contribution in [3.63, 3.8) is 0 Å². The van der Waals surface area contributed by atoms with Gasteiger partial charge in [-0.15, -0.1) is 11.6 Å². The van der Waals surface area contributed by atoms with Gasteiger partial charge in [0.05, 0.1) is 0 Å². The molecule has 12 heavy (non-hydrogen) atoms. The van der Waals surface area contributed by atoms with Crippen molar-refractivity contribution in [2.45, 2.75) is 32.6 Å². The Morgan fingerprint density at radius 3 is 3.00 bits per heavy atom. The first kappa shape index (κ1) is 9.85. The Hall–Kier alpha value is -0.230. The number of hydrogen-bond acceptors (Lipinski definition) is 0. The summed E-state index contributed by atoms with van der Waals surface area (Å²) in [5.74, 6) is 1.66. The van der Waals surface area contributed by atoms with Crippen LogP contribution in [0.4, 0.5) is 0 Å². The molecular formula is C11H17Cl. The molecule has 0 N–H and O–H groups in total. The van der Waals surface area contributed by atoms with E-state index in [1.165, 1.54) is 31.3 Å². The third-order valence-electron chi connectivity index (χ3n) is 2.45. The zero-order chi connectivity index (χ0) is 8.81. The number of rotatable bonds is 3. The third kappa shape index (κ3) is 3.02. The minimum absolute atomic E-state index is 0.817. The Morgan fingerprint density at radius 2 is 2.50 bits per heavy atom. The molecular weight excluding hydrogens is 168 g/mol. The van der Waals surface area contributed by atoms with Gasteiger partial charge in [-0.2, -0.15) is 0 Å². The van der Waals surface area contributed by atoms with E-state index in [9.17, 15) is 0 Å². The summed E-state index contributed by atoms with van der Waals surface area (Å²) < 4.78 is 0. The predicted molar refractivity (Wildman–Crippen MR) is 55.6 cm³/mol. The minimum atomic E-state index is 0.817. The van der Waals surface area contributed by atoms with Gasteiger partial charge < -0.3 is 0 Å². The average Bonchev–Trinajstić information content (AvgIpc) is 2.09. The maximum Gasteiger partial charge on any atom is 0.0226 e. The fourth-order valence-electron chi connectivity index (χ4n) is 1.69. The largest absolute Gasteiger partial charge is 0.127 e. The molecule has 1 aliphatic rings. The van der Waals surface area contributed by atoms with E-state index in [-0.39, 0.29) is 0 Å². The first-order chi connectivity index (χ1) is 5.86. The minimum Gasteiger partial charge on any atom is -0.127 e. The molecule has 0 saturated carbocycles. The highest BCUT2D eigenvalue weighted by Gasteiger charge is 2.11. The lowest BCUT2D eigenvalue weighted by Crippen LogP contribution is -2.05. The molecule has 1 aliphatic carbocycles. The smallest absolute Gasteiger partial charge is 0.0226 e. The summed E-state index contributed by atoms with van der Waals surface area (Å²) in [4.78, 5) is 0. The Labute approximate surface area is 80.3 Å². The van der Waals surface area contributed by atoms with Crippen molar-refractivity contribution in [1.29, 1.82) is 0 Å². The summed E-state index contributed by atoms with van der Waals surface area (Å²) in [6, 6.07) is 0. The number of allylic oxidation sites excluding steroid dienone is 4. The predicted octanol–water partition coefficient (Wildman–Crippen LogP) is 3.92. The van der Waals surface area contributed by atoms with Crippen LogP contribution in [-0.2, 0) is 0 Å². The first-order valence-corrected chi connectivity index (χ1v) is 5.28. The maximum atomic E-state index is 5.70. The topological polar surface area (TPSA) is 0 Å². The van der Waals surface area contributed by atoms with Gasteiger partial charge in [-0.3, -0.25) is 0 Å². The normalized spacial score (nSPS) is 24.5. The van der Waals surface area contributed by atoms with Gasteiger partial charge in [-0.25, -0.2) is 0 Å². The number of hydrogen-bond donors (Lipinski definition) is 0. The fourth-order valence-corrected chi connectivity index (χ4v) is 2.00. The van der Waals surface area contributed by atoms with Gasteiger partial charge in [0.1, 0.15) is 0 Å².